The van der Waals surface area contributed by atoms with Crippen LogP contribution in [0.1, 0.15) is 25.3 Å². The van der Waals surface area contributed by atoms with Gasteiger partial charge >= 0.3 is 6.55 Å². The second-order valence-corrected chi connectivity index (χ2v) is 7.51. The van der Waals surface area contributed by atoms with Crippen molar-refractivity contribution < 1.29 is 8.78 Å². The lowest BCUT2D eigenvalue weighted by Crippen LogP contribution is -2.48. The van der Waals surface area contributed by atoms with Gasteiger partial charge in [0.15, 0.2) is 5.65 Å². The molecule has 1 aliphatic rings. The highest BCUT2D eigenvalue weighted by Crippen LogP contribution is 2.31. The second-order valence-electron chi connectivity index (χ2n) is 7.51. The Morgan fingerprint density at radius 3 is 2.57 bits per heavy atom. The van der Waals surface area contributed by atoms with Crippen molar-refractivity contribution in [3.63, 3.8) is 0 Å². The Morgan fingerprint density at radius 1 is 1.03 bits per heavy atom. The average molecular weight is 412 g/mol. The molecule has 156 valence electrons. The van der Waals surface area contributed by atoms with Gasteiger partial charge < -0.3 is 4.90 Å². The van der Waals surface area contributed by atoms with Crippen LogP contribution in [0.15, 0.2) is 36.8 Å². The Hall–Kier alpha value is -3.14. The third-order valence-corrected chi connectivity index (χ3v) is 5.86. The van der Waals surface area contributed by atoms with Crippen LogP contribution in [0.3, 0.4) is 0 Å². The average Bonchev–Trinajstić information content (AvgIpc) is 3.34. The summed E-state index contributed by atoms with van der Waals surface area (Å²) in [6, 6.07) is 6.82. The van der Waals surface area contributed by atoms with E-state index in [9.17, 15) is 8.78 Å². The number of piperazine rings is 1. The molecule has 1 atom stereocenters. The van der Waals surface area contributed by atoms with Crippen LogP contribution in [0.5, 0.6) is 0 Å². The lowest BCUT2D eigenvalue weighted by molar-refractivity contribution is 0.0641. The first-order valence-electron chi connectivity index (χ1n) is 9.91. The number of imidazole rings is 1. The fraction of sp³-hybridized carbons (Fsp3) is 0.400. The molecule has 4 aromatic rings. The third kappa shape index (κ3) is 2.98. The Bertz CT molecular complexity index is 1190. The molecule has 0 bridgehead atoms. The van der Waals surface area contributed by atoms with Crippen molar-refractivity contribution >= 4 is 27.9 Å². The predicted molar refractivity (Wildman–Crippen MR) is 109 cm³/mol. The van der Waals surface area contributed by atoms with Crippen molar-refractivity contribution in [2.24, 2.45) is 7.05 Å². The zero-order valence-corrected chi connectivity index (χ0v) is 16.8. The van der Waals surface area contributed by atoms with Crippen molar-refractivity contribution in [1.82, 2.24) is 34.2 Å². The maximum absolute atomic E-state index is 13.8. The van der Waals surface area contributed by atoms with E-state index in [-0.39, 0.29) is 6.04 Å². The quantitative estimate of drug-likeness (QED) is 0.513. The summed E-state index contributed by atoms with van der Waals surface area (Å²) < 4.78 is 30.4. The summed E-state index contributed by atoms with van der Waals surface area (Å²) in [5.41, 5.74) is 1.85. The molecular weight excluding hydrogens is 390 g/mol. The SMILES string of the molecule is CC(c1nc2ccccc2n1C(F)F)N1CCN(c2ncnc3c2cnn3C)CC1. The van der Waals surface area contributed by atoms with Gasteiger partial charge in [-0.05, 0) is 19.1 Å². The molecule has 30 heavy (non-hydrogen) atoms. The molecule has 0 aliphatic carbocycles. The summed E-state index contributed by atoms with van der Waals surface area (Å²) in [6.07, 6.45) is 3.34. The molecule has 0 radical (unpaired) electrons. The zero-order chi connectivity index (χ0) is 20.8. The van der Waals surface area contributed by atoms with E-state index in [0.717, 1.165) is 47.6 Å². The highest BCUT2D eigenvalue weighted by molar-refractivity contribution is 5.86. The number of fused-ring (bicyclic) bond motifs is 2. The molecule has 4 heterocycles. The predicted octanol–water partition coefficient (Wildman–Crippen LogP) is 2.99. The van der Waals surface area contributed by atoms with Gasteiger partial charge in [-0.15, -0.1) is 0 Å². The van der Waals surface area contributed by atoms with Gasteiger partial charge in [-0.3, -0.25) is 14.1 Å². The van der Waals surface area contributed by atoms with Crippen LogP contribution < -0.4 is 4.90 Å². The molecule has 1 aromatic carbocycles. The van der Waals surface area contributed by atoms with Crippen LogP contribution in [-0.4, -0.2) is 60.4 Å². The molecule has 0 N–H and O–H groups in total. The summed E-state index contributed by atoms with van der Waals surface area (Å²) >= 11 is 0. The van der Waals surface area contributed by atoms with Crippen molar-refractivity contribution in [1.29, 1.82) is 0 Å². The van der Waals surface area contributed by atoms with Gasteiger partial charge in [0.25, 0.3) is 0 Å². The summed E-state index contributed by atoms with van der Waals surface area (Å²) in [5, 5.41) is 5.19. The summed E-state index contributed by atoms with van der Waals surface area (Å²) in [4.78, 5) is 17.7. The van der Waals surface area contributed by atoms with Crippen LogP contribution in [0.2, 0.25) is 0 Å². The van der Waals surface area contributed by atoms with E-state index >= 15 is 0 Å². The Labute approximate surface area is 171 Å². The van der Waals surface area contributed by atoms with E-state index in [4.69, 9.17) is 0 Å². The number of aryl methyl sites for hydroxylation is 1. The number of hydrogen-bond acceptors (Lipinski definition) is 6. The van der Waals surface area contributed by atoms with E-state index in [0.29, 0.717) is 16.9 Å². The van der Waals surface area contributed by atoms with E-state index in [1.807, 2.05) is 20.0 Å². The van der Waals surface area contributed by atoms with Gasteiger partial charge in [0.2, 0.25) is 0 Å². The van der Waals surface area contributed by atoms with Gasteiger partial charge in [-0.25, -0.2) is 15.0 Å². The minimum atomic E-state index is -2.63. The first kappa shape index (κ1) is 18.9. The fourth-order valence-corrected chi connectivity index (χ4v) is 4.25. The van der Waals surface area contributed by atoms with Gasteiger partial charge in [-0.2, -0.15) is 13.9 Å². The van der Waals surface area contributed by atoms with Crippen molar-refractivity contribution in [3.8, 4) is 0 Å². The lowest BCUT2D eigenvalue weighted by atomic mass is 10.2. The van der Waals surface area contributed by atoms with E-state index in [1.165, 1.54) is 0 Å². The normalized spacial score (nSPS) is 16.8. The Kier molecular flexibility index (Phi) is 4.58. The standard InChI is InChI=1S/C20H22F2N8/c1-13(17-26-15-5-3-4-6-16(15)30(17)20(21)22)28-7-9-29(10-8-28)19-14-11-25-27(2)18(14)23-12-24-19/h3-6,11-13,20H,7-10H2,1-2H3. The van der Waals surface area contributed by atoms with Crippen molar-refractivity contribution in [2.75, 3.05) is 31.1 Å². The topological polar surface area (TPSA) is 67.9 Å². The number of para-hydroxylation sites is 2. The molecule has 0 saturated carbocycles. The molecule has 5 rings (SSSR count). The molecule has 1 aliphatic heterocycles. The number of aromatic nitrogens is 6. The minimum Gasteiger partial charge on any atom is -0.353 e. The largest absolute Gasteiger partial charge is 0.353 e. The van der Waals surface area contributed by atoms with Crippen LogP contribution >= 0.6 is 0 Å². The summed E-state index contributed by atoms with van der Waals surface area (Å²) in [5.74, 6) is 1.26. The van der Waals surface area contributed by atoms with Crippen LogP contribution in [0, 0.1) is 0 Å². The molecule has 1 fully saturated rings. The Balaban J connectivity index is 1.38. The number of anilines is 1. The highest BCUT2D eigenvalue weighted by atomic mass is 19.3. The number of rotatable bonds is 4. The fourth-order valence-electron chi connectivity index (χ4n) is 4.25. The number of benzene rings is 1. The summed E-state index contributed by atoms with van der Waals surface area (Å²) in [7, 11) is 1.85. The van der Waals surface area contributed by atoms with Crippen LogP contribution in [0.4, 0.5) is 14.6 Å². The highest BCUT2D eigenvalue weighted by Gasteiger charge is 2.29. The minimum absolute atomic E-state index is 0.225. The van der Waals surface area contributed by atoms with Crippen molar-refractivity contribution in [2.45, 2.75) is 19.5 Å². The van der Waals surface area contributed by atoms with E-state index < -0.39 is 6.55 Å². The monoisotopic (exact) mass is 412 g/mol. The first-order chi connectivity index (χ1) is 14.5. The maximum atomic E-state index is 13.8. The second kappa shape index (κ2) is 7.28. The molecule has 0 spiro atoms. The summed E-state index contributed by atoms with van der Waals surface area (Å²) in [6.45, 7) is 2.23. The first-order valence-corrected chi connectivity index (χ1v) is 9.91. The van der Waals surface area contributed by atoms with Crippen LogP contribution in [0.25, 0.3) is 22.1 Å². The number of alkyl halides is 2. The molecule has 3 aromatic heterocycles. The molecular formula is C20H22F2N8. The number of halogens is 2. The number of nitrogens with zero attached hydrogens (tertiary/aromatic N) is 8. The van der Waals surface area contributed by atoms with Gasteiger partial charge in [0.1, 0.15) is 18.0 Å². The smallest absolute Gasteiger partial charge is 0.320 e. The van der Waals surface area contributed by atoms with Crippen molar-refractivity contribution in [3.05, 3.63) is 42.6 Å². The van der Waals surface area contributed by atoms with E-state index in [1.54, 1.807) is 35.4 Å². The third-order valence-electron chi connectivity index (χ3n) is 5.86. The van der Waals surface area contributed by atoms with E-state index in [2.05, 4.69) is 29.9 Å². The maximum Gasteiger partial charge on any atom is 0.320 e. The van der Waals surface area contributed by atoms with Crippen LogP contribution in [-0.2, 0) is 7.05 Å². The van der Waals surface area contributed by atoms with Gasteiger partial charge in [0.05, 0.1) is 28.7 Å². The van der Waals surface area contributed by atoms with Gasteiger partial charge in [0, 0.05) is 33.2 Å². The molecule has 10 heteroatoms. The molecule has 1 unspecified atom stereocenters. The Morgan fingerprint density at radius 2 is 1.80 bits per heavy atom. The molecule has 0 amide bonds. The molecule has 8 nitrogen and oxygen atoms in total. The number of hydrogen-bond donors (Lipinski definition) is 0. The van der Waals surface area contributed by atoms with Gasteiger partial charge in [-0.1, -0.05) is 12.1 Å². The zero-order valence-electron chi connectivity index (χ0n) is 16.8. The molecule has 1 saturated heterocycles. The lowest BCUT2D eigenvalue weighted by Gasteiger charge is -2.38.